The Morgan fingerprint density at radius 2 is 2.17 bits per heavy atom. The van der Waals surface area contributed by atoms with Crippen LogP contribution in [0.1, 0.15) is 16.2 Å². The molecule has 0 unspecified atom stereocenters. The number of halogens is 2. The fourth-order valence-corrected chi connectivity index (χ4v) is 2.14. The predicted octanol–water partition coefficient (Wildman–Crippen LogP) is 3.45. The van der Waals surface area contributed by atoms with Gasteiger partial charge in [-0.3, -0.25) is 4.79 Å². The lowest BCUT2D eigenvalue weighted by molar-refractivity contribution is 0.102. The molecule has 0 atom stereocenters. The number of anilines is 1. The number of carbonyl (C=O) groups is 1. The highest BCUT2D eigenvalue weighted by Gasteiger charge is 2.09. The predicted molar refractivity (Wildman–Crippen MR) is 73.9 cm³/mol. The molecule has 0 bridgehead atoms. The maximum Gasteiger partial charge on any atom is 0.274 e. The first-order valence-corrected chi connectivity index (χ1v) is 6.29. The lowest BCUT2D eigenvalue weighted by Crippen LogP contribution is -2.14. The molecule has 0 radical (unpaired) electrons. The molecule has 92 valence electrons. The van der Waals surface area contributed by atoms with Crippen LogP contribution >= 0.6 is 27.5 Å². The van der Waals surface area contributed by atoms with E-state index in [4.69, 9.17) is 11.6 Å². The normalized spacial score (nSPS) is 10.2. The highest BCUT2D eigenvalue weighted by molar-refractivity contribution is 9.10. The first-order valence-electron chi connectivity index (χ1n) is 5.12. The molecule has 6 heteroatoms. The molecule has 1 N–H and O–H groups in total. The highest BCUT2D eigenvalue weighted by atomic mass is 79.9. The van der Waals surface area contributed by atoms with Gasteiger partial charge >= 0.3 is 0 Å². The van der Waals surface area contributed by atoms with E-state index in [1.807, 2.05) is 13.0 Å². The number of nitrogens with zero attached hydrogens (tertiary/aromatic N) is 2. The molecule has 18 heavy (non-hydrogen) atoms. The van der Waals surface area contributed by atoms with Crippen molar-refractivity contribution in [1.82, 2.24) is 9.97 Å². The first-order chi connectivity index (χ1) is 8.54. The fraction of sp³-hybridized carbons (Fsp3) is 0.0833. The van der Waals surface area contributed by atoms with Crippen molar-refractivity contribution in [3.8, 4) is 0 Å². The third-order valence-corrected chi connectivity index (χ3v) is 2.80. The molecule has 0 saturated heterocycles. The third-order valence-electron chi connectivity index (χ3n) is 2.14. The van der Waals surface area contributed by atoms with Gasteiger partial charge in [0, 0.05) is 22.1 Å². The fourth-order valence-electron chi connectivity index (χ4n) is 1.42. The number of amides is 1. The third kappa shape index (κ3) is 3.27. The quantitative estimate of drug-likeness (QED) is 0.860. The van der Waals surface area contributed by atoms with Gasteiger partial charge in [-0.2, -0.15) is 0 Å². The summed E-state index contributed by atoms with van der Waals surface area (Å²) in [4.78, 5) is 20.0. The van der Waals surface area contributed by atoms with E-state index in [1.54, 1.807) is 18.2 Å². The molecule has 0 aliphatic carbocycles. The van der Waals surface area contributed by atoms with E-state index in [1.165, 1.54) is 6.20 Å². The molecule has 2 rings (SSSR count). The number of hydrogen-bond acceptors (Lipinski definition) is 3. The van der Waals surface area contributed by atoms with Crippen molar-refractivity contribution in [1.29, 1.82) is 0 Å². The van der Waals surface area contributed by atoms with E-state index in [0.29, 0.717) is 16.5 Å². The van der Waals surface area contributed by atoms with Crippen LogP contribution in [0.5, 0.6) is 0 Å². The molecule has 0 fully saturated rings. The monoisotopic (exact) mass is 325 g/mol. The van der Waals surface area contributed by atoms with E-state index < -0.39 is 0 Å². The summed E-state index contributed by atoms with van der Waals surface area (Å²) in [7, 11) is 0. The van der Waals surface area contributed by atoms with Gasteiger partial charge in [-0.05, 0) is 31.2 Å². The lowest BCUT2D eigenvalue weighted by atomic mass is 10.3. The van der Waals surface area contributed by atoms with E-state index in [0.717, 1.165) is 10.2 Å². The van der Waals surface area contributed by atoms with Crippen LogP contribution in [0.4, 0.5) is 5.69 Å². The zero-order chi connectivity index (χ0) is 13.1. The molecular formula is C12H9BrClN3O. The summed E-state index contributed by atoms with van der Waals surface area (Å²) < 4.78 is 0.813. The van der Waals surface area contributed by atoms with Crippen LogP contribution in [0, 0.1) is 6.92 Å². The number of aromatic nitrogens is 2. The largest absolute Gasteiger partial charge is 0.320 e. The molecule has 4 nitrogen and oxygen atoms in total. The summed E-state index contributed by atoms with van der Waals surface area (Å²) >= 11 is 9.07. The van der Waals surface area contributed by atoms with Crippen molar-refractivity contribution in [3.63, 3.8) is 0 Å². The maximum absolute atomic E-state index is 12.0. The van der Waals surface area contributed by atoms with Gasteiger partial charge in [-0.15, -0.1) is 0 Å². The van der Waals surface area contributed by atoms with Gasteiger partial charge < -0.3 is 5.32 Å². The SMILES string of the molecule is Cc1cc(Br)cc(C(=O)Nc2ccnc(Cl)c2)n1. The van der Waals surface area contributed by atoms with Crippen LogP contribution in [0.3, 0.4) is 0 Å². The van der Waals surface area contributed by atoms with Crippen LogP contribution in [0.25, 0.3) is 0 Å². The minimum atomic E-state index is -0.290. The second kappa shape index (κ2) is 5.46. The van der Waals surface area contributed by atoms with Gasteiger partial charge in [0.15, 0.2) is 0 Å². The van der Waals surface area contributed by atoms with E-state index in [2.05, 4.69) is 31.2 Å². The van der Waals surface area contributed by atoms with Gasteiger partial charge in [0.25, 0.3) is 5.91 Å². The molecule has 0 aliphatic heterocycles. The lowest BCUT2D eigenvalue weighted by Gasteiger charge is -2.05. The second-order valence-corrected chi connectivity index (χ2v) is 4.94. The number of aryl methyl sites for hydroxylation is 1. The van der Waals surface area contributed by atoms with Crippen molar-refractivity contribution >= 4 is 39.1 Å². The number of rotatable bonds is 2. The summed E-state index contributed by atoms with van der Waals surface area (Å²) in [5.41, 5.74) is 1.69. The minimum Gasteiger partial charge on any atom is -0.320 e. The van der Waals surface area contributed by atoms with Crippen LogP contribution in [0.15, 0.2) is 34.9 Å². The van der Waals surface area contributed by atoms with Crippen molar-refractivity contribution in [2.45, 2.75) is 6.92 Å². The Balaban J connectivity index is 2.22. The van der Waals surface area contributed by atoms with Gasteiger partial charge in [0.05, 0.1) is 0 Å². The Kier molecular flexibility index (Phi) is 3.93. The van der Waals surface area contributed by atoms with Gasteiger partial charge in [0.1, 0.15) is 10.8 Å². The first kappa shape index (κ1) is 13.0. The topological polar surface area (TPSA) is 54.9 Å². The van der Waals surface area contributed by atoms with Crippen LogP contribution < -0.4 is 5.32 Å². The van der Waals surface area contributed by atoms with Gasteiger partial charge in [-0.25, -0.2) is 9.97 Å². The van der Waals surface area contributed by atoms with E-state index in [9.17, 15) is 4.79 Å². The summed E-state index contributed by atoms with van der Waals surface area (Å²) in [5.74, 6) is -0.290. The maximum atomic E-state index is 12.0. The molecule has 0 aromatic carbocycles. The van der Waals surface area contributed by atoms with Gasteiger partial charge in [-0.1, -0.05) is 27.5 Å². The average molecular weight is 327 g/mol. The molecule has 2 aromatic rings. The van der Waals surface area contributed by atoms with Crippen molar-refractivity contribution in [3.05, 3.63) is 51.5 Å². The summed E-state index contributed by atoms with van der Waals surface area (Å²) in [6, 6.07) is 6.73. The molecule has 2 aromatic heterocycles. The standard InChI is InChI=1S/C12H9BrClN3O/c1-7-4-8(13)5-10(16-7)12(18)17-9-2-3-15-11(14)6-9/h2-6H,1H3,(H,15,17,18). The number of pyridine rings is 2. The summed E-state index contributed by atoms with van der Waals surface area (Å²) in [6.45, 7) is 1.82. The zero-order valence-electron chi connectivity index (χ0n) is 9.45. The molecule has 0 aliphatic rings. The van der Waals surface area contributed by atoms with Crippen LogP contribution in [-0.2, 0) is 0 Å². The molecule has 2 heterocycles. The van der Waals surface area contributed by atoms with Crippen LogP contribution in [-0.4, -0.2) is 15.9 Å². The Labute approximate surface area is 118 Å². The van der Waals surface area contributed by atoms with E-state index >= 15 is 0 Å². The molecule has 1 amide bonds. The number of carbonyl (C=O) groups excluding carboxylic acids is 1. The smallest absolute Gasteiger partial charge is 0.274 e. The Morgan fingerprint density at radius 3 is 2.83 bits per heavy atom. The summed E-state index contributed by atoms with van der Waals surface area (Å²) in [6.07, 6.45) is 1.53. The van der Waals surface area contributed by atoms with Crippen molar-refractivity contribution in [2.24, 2.45) is 0 Å². The van der Waals surface area contributed by atoms with E-state index in [-0.39, 0.29) is 5.91 Å². The Hall–Kier alpha value is -1.46. The number of nitrogens with one attached hydrogen (secondary N) is 1. The Morgan fingerprint density at radius 1 is 1.39 bits per heavy atom. The van der Waals surface area contributed by atoms with Crippen molar-refractivity contribution < 1.29 is 4.79 Å². The second-order valence-electron chi connectivity index (χ2n) is 3.63. The summed E-state index contributed by atoms with van der Waals surface area (Å²) in [5, 5.41) is 3.03. The van der Waals surface area contributed by atoms with Crippen molar-refractivity contribution in [2.75, 3.05) is 5.32 Å². The molecule has 0 spiro atoms. The number of hydrogen-bond donors (Lipinski definition) is 1. The Bertz CT molecular complexity index is 583. The average Bonchev–Trinajstić information content (AvgIpc) is 2.27. The minimum absolute atomic E-state index is 0.290. The zero-order valence-corrected chi connectivity index (χ0v) is 11.8. The molecular weight excluding hydrogens is 318 g/mol. The highest BCUT2D eigenvalue weighted by Crippen LogP contribution is 2.15. The van der Waals surface area contributed by atoms with Crippen LogP contribution in [0.2, 0.25) is 5.15 Å². The van der Waals surface area contributed by atoms with Gasteiger partial charge in [0.2, 0.25) is 0 Å². The molecule has 0 saturated carbocycles.